The fourth-order valence-electron chi connectivity index (χ4n) is 1.50. The number of hydrogen-bond acceptors (Lipinski definition) is 2. The summed E-state index contributed by atoms with van der Waals surface area (Å²) in [5.41, 5.74) is 1.12. The Hall–Kier alpha value is -1.46. The molecule has 2 nitrogen and oxygen atoms in total. The zero-order valence-corrected chi connectivity index (χ0v) is 9.86. The fraction of sp³-hybridized carbons (Fsp3) is 0.429. The SMILES string of the molecule is CC#CCCC(O)Cc1ccc(OC)cc1. The third-order valence-corrected chi connectivity index (χ3v) is 2.41. The van der Waals surface area contributed by atoms with Gasteiger partial charge in [0.1, 0.15) is 5.75 Å². The van der Waals surface area contributed by atoms with Crippen LogP contribution in [0.3, 0.4) is 0 Å². The lowest BCUT2D eigenvalue weighted by atomic mass is 10.0. The van der Waals surface area contributed by atoms with Crippen LogP contribution in [0.4, 0.5) is 0 Å². The van der Waals surface area contributed by atoms with Gasteiger partial charge in [0.05, 0.1) is 13.2 Å². The molecule has 16 heavy (non-hydrogen) atoms. The van der Waals surface area contributed by atoms with Crippen molar-refractivity contribution in [1.29, 1.82) is 0 Å². The van der Waals surface area contributed by atoms with Crippen LogP contribution in [0.5, 0.6) is 5.75 Å². The van der Waals surface area contributed by atoms with Crippen LogP contribution in [-0.4, -0.2) is 18.3 Å². The molecule has 0 fully saturated rings. The number of rotatable bonds is 5. The number of hydrogen-bond donors (Lipinski definition) is 1. The first-order valence-electron chi connectivity index (χ1n) is 5.47. The minimum Gasteiger partial charge on any atom is -0.497 e. The first-order chi connectivity index (χ1) is 7.76. The van der Waals surface area contributed by atoms with Gasteiger partial charge in [0.2, 0.25) is 0 Å². The van der Waals surface area contributed by atoms with Crippen molar-refractivity contribution in [3.05, 3.63) is 29.8 Å². The highest BCUT2D eigenvalue weighted by Gasteiger charge is 2.04. The summed E-state index contributed by atoms with van der Waals surface area (Å²) in [4.78, 5) is 0. The Labute approximate surface area is 97.3 Å². The van der Waals surface area contributed by atoms with E-state index in [1.54, 1.807) is 7.11 Å². The van der Waals surface area contributed by atoms with Crippen LogP contribution in [0, 0.1) is 11.8 Å². The normalized spacial score (nSPS) is 11.4. The summed E-state index contributed by atoms with van der Waals surface area (Å²) in [6, 6.07) is 7.78. The van der Waals surface area contributed by atoms with Gasteiger partial charge in [-0.2, -0.15) is 0 Å². The van der Waals surface area contributed by atoms with E-state index in [-0.39, 0.29) is 6.10 Å². The van der Waals surface area contributed by atoms with Gasteiger partial charge in [0.15, 0.2) is 0 Å². The molecule has 1 rings (SSSR count). The number of ether oxygens (including phenoxy) is 1. The van der Waals surface area contributed by atoms with Crippen molar-refractivity contribution in [2.45, 2.75) is 32.3 Å². The second-order valence-electron chi connectivity index (χ2n) is 3.67. The molecule has 1 unspecified atom stereocenters. The molecule has 0 spiro atoms. The predicted molar refractivity (Wildman–Crippen MR) is 65.4 cm³/mol. The topological polar surface area (TPSA) is 29.5 Å². The van der Waals surface area contributed by atoms with Gasteiger partial charge >= 0.3 is 0 Å². The average molecular weight is 218 g/mol. The molecule has 0 heterocycles. The van der Waals surface area contributed by atoms with Gasteiger partial charge in [-0.15, -0.1) is 11.8 Å². The van der Waals surface area contributed by atoms with E-state index in [4.69, 9.17) is 4.74 Å². The lowest BCUT2D eigenvalue weighted by molar-refractivity contribution is 0.166. The molecule has 0 aliphatic carbocycles. The van der Waals surface area contributed by atoms with E-state index in [0.717, 1.165) is 24.2 Å². The highest BCUT2D eigenvalue weighted by molar-refractivity contribution is 5.27. The Bertz CT molecular complexity index is 357. The largest absolute Gasteiger partial charge is 0.497 e. The Morgan fingerprint density at radius 2 is 2.00 bits per heavy atom. The third-order valence-electron chi connectivity index (χ3n) is 2.41. The number of aliphatic hydroxyl groups is 1. The van der Waals surface area contributed by atoms with Gasteiger partial charge in [-0.05, 0) is 37.5 Å². The lowest BCUT2D eigenvalue weighted by Gasteiger charge is -2.09. The van der Waals surface area contributed by atoms with Gasteiger partial charge in [0, 0.05) is 6.42 Å². The van der Waals surface area contributed by atoms with Crippen LogP contribution >= 0.6 is 0 Å². The highest BCUT2D eigenvalue weighted by atomic mass is 16.5. The van der Waals surface area contributed by atoms with Crippen molar-refractivity contribution in [1.82, 2.24) is 0 Å². The quantitative estimate of drug-likeness (QED) is 0.769. The summed E-state index contributed by atoms with van der Waals surface area (Å²) < 4.78 is 5.07. The molecular formula is C14H18O2. The lowest BCUT2D eigenvalue weighted by Crippen LogP contribution is -2.09. The van der Waals surface area contributed by atoms with Crippen molar-refractivity contribution < 1.29 is 9.84 Å². The van der Waals surface area contributed by atoms with Crippen molar-refractivity contribution in [2.75, 3.05) is 7.11 Å². The highest BCUT2D eigenvalue weighted by Crippen LogP contribution is 2.13. The first kappa shape index (κ1) is 12.6. The second-order valence-corrected chi connectivity index (χ2v) is 3.67. The average Bonchev–Trinajstić information content (AvgIpc) is 2.30. The van der Waals surface area contributed by atoms with Crippen molar-refractivity contribution in [3.8, 4) is 17.6 Å². The third kappa shape index (κ3) is 4.37. The zero-order valence-electron chi connectivity index (χ0n) is 9.86. The molecule has 86 valence electrons. The van der Waals surface area contributed by atoms with Gasteiger partial charge in [-0.1, -0.05) is 12.1 Å². The van der Waals surface area contributed by atoms with E-state index in [1.165, 1.54) is 0 Å². The van der Waals surface area contributed by atoms with Crippen LogP contribution in [0.1, 0.15) is 25.3 Å². The van der Waals surface area contributed by atoms with Crippen LogP contribution in [-0.2, 0) is 6.42 Å². The standard InChI is InChI=1S/C14H18O2/c1-3-4-5-6-13(15)11-12-7-9-14(16-2)10-8-12/h7-10,13,15H,5-6,11H2,1-2H3. The molecule has 0 aromatic heterocycles. The van der Waals surface area contributed by atoms with Crippen LogP contribution in [0.2, 0.25) is 0 Å². The molecule has 0 amide bonds. The summed E-state index contributed by atoms with van der Waals surface area (Å²) >= 11 is 0. The minimum absolute atomic E-state index is 0.311. The van der Waals surface area contributed by atoms with E-state index in [2.05, 4.69) is 11.8 Å². The Kier molecular flexibility index (Phi) is 5.45. The van der Waals surface area contributed by atoms with E-state index in [0.29, 0.717) is 6.42 Å². The molecule has 2 heteroatoms. The Balaban J connectivity index is 2.42. The molecule has 0 bridgehead atoms. The maximum atomic E-state index is 9.76. The summed E-state index contributed by atoms with van der Waals surface area (Å²) in [5.74, 6) is 6.62. The van der Waals surface area contributed by atoms with Gasteiger partial charge in [-0.25, -0.2) is 0 Å². The van der Waals surface area contributed by atoms with Gasteiger partial charge < -0.3 is 9.84 Å². The van der Waals surface area contributed by atoms with E-state index < -0.39 is 0 Å². The summed E-state index contributed by atoms with van der Waals surface area (Å²) in [7, 11) is 1.65. The Morgan fingerprint density at radius 3 is 2.56 bits per heavy atom. The van der Waals surface area contributed by atoms with E-state index >= 15 is 0 Å². The molecule has 0 aliphatic rings. The summed E-state index contributed by atoms with van der Waals surface area (Å²) in [6.45, 7) is 1.82. The molecule has 1 aromatic rings. The van der Waals surface area contributed by atoms with Gasteiger partial charge in [-0.3, -0.25) is 0 Å². The van der Waals surface area contributed by atoms with Crippen LogP contribution < -0.4 is 4.74 Å². The summed E-state index contributed by atoms with van der Waals surface area (Å²) in [5, 5.41) is 9.76. The molecule has 0 radical (unpaired) electrons. The van der Waals surface area contributed by atoms with Gasteiger partial charge in [0.25, 0.3) is 0 Å². The van der Waals surface area contributed by atoms with Crippen LogP contribution in [0.25, 0.3) is 0 Å². The molecule has 0 saturated carbocycles. The minimum atomic E-state index is -0.311. The zero-order chi connectivity index (χ0) is 11.8. The van der Waals surface area contributed by atoms with Crippen molar-refractivity contribution >= 4 is 0 Å². The van der Waals surface area contributed by atoms with E-state index in [9.17, 15) is 5.11 Å². The smallest absolute Gasteiger partial charge is 0.118 e. The van der Waals surface area contributed by atoms with Crippen LogP contribution in [0.15, 0.2) is 24.3 Å². The molecule has 1 aromatic carbocycles. The molecule has 1 N–H and O–H groups in total. The number of methoxy groups -OCH3 is 1. The molecule has 0 aliphatic heterocycles. The predicted octanol–water partition coefficient (Wildman–Crippen LogP) is 2.40. The first-order valence-corrected chi connectivity index (χ1v) is 5.47. The fourth-order valence-corrected chi connectivity index (χ4v) is 1.50. The maximum Gasteiger partial charge on any atom is 0.118 e. The van der Waals surface area contributed by atoms with Crippen molar-refractivity contribution in [3.63, 3.8) is 0 Å². The molecular weight excluding hydrogens is 200 g/mol. The number of aliphatic hydroxyl groups excluding tert-OH is 1. The number of benzene rings is 1. The maximum absolute atomic E-state index is 9.76. The molecule has 0 saturated heterocycles. The Morgan fingerprint density at radius 1 is 1.31 bits per heavy atom. The monoisotopic (exact) mass is 218 g/mol. The second kappa shape index (κ2) is 6.92. The molecule has 1 atom stereocenters. The van der Waals surface area contributed by atoms with Crippen molar-refractivity contribution in [2.24, 2.45) is 0 Å². The summed E-state index contributed by atoms with van der Waals surface area (Å²) in [6.07, 6.45) is 1.85. The van der Waals surface area contributed by atoms with E-state index in [1.807, 2.05) is 31.2 Å².